The van der Waals surface area contributed by atoms with Gasteiger partial charge < -0.3 is 16.0 Å². The van der Waals surface area contributed by atoms with Gasteiger partial charge in [-0.3, -0.25) is 4.79 Å². The van der Waals surface area contributed by atoms with Crippen LogP contribution in [0.25, 0.3) is 0 Å². The Hall–Kier alpha value is -2.25. The van der Waals surface area contributed by atoms with Crippen molar-refractivity contribution < 1.29 is 22.8 Å². The topological polar surface area (TPSA) is 70.2 Å². The maximum absolute atomic E-state index is 12.8. The van der Waals surface area contributed by atoms with Crippen LogP contribution >= 0.6 is 0 Å². The highest BCUT2D eigenvalue weighted by Gasteiger charge is 2.30. The number of halogens is 3. The minimum Gasteiger partial charge on any atom is -0.350 e. The molecular weight excluding hydrogens is 359 g/mol. The fourth-order valence-corrected chi connectivity index (χ4v) is 3.15. The van der Waals surface area contributed by atoms with E-state index in [4.69, 9.17) is 0 Å². The Morgan fingerprint density at radius 3 is 2.56 bits per heavy atom. The SMILES string of the molecule is CC(NC(=O)CCNC(=O)NC1CCCCC1)c1cccc(C(F)(F)F)c1. The molecule has 5 nitrogen and oxygen atoms in total. The summed E-state index contributed by atoms with van der Waals surface area (Å²) in [5, 5.41) is 8.19. The third kappa shape index (κ3) is 7.11. The second-order valence-corrected chi connectivity index (χ2v) is 6.90. The van der Waals surface area contributed by atoms with E-state index in [0.29, 0.717) is 5.56 Å². The summed E-state index contributed by atoms with van der Waals surface area (Å²) in [6, 6.07) is 4.21. The molecule has 1 aliphatic carbocycles. The average molecular weight is 385 g/mol. The standard InChI is InChI=1S/C19H26F3N3O2/c1-13(14-6-5-7-15(12-14)19(20,21)22)24-17(26)10-11-23-18(27)25-16-8-3-2-4-9-16/h5-7,12-13,16H,2-4,8-11H2,1H3,(H,24,26)(H2,23,25,27). The molecule has 3 N–H and O–H groups in total. The molecule has 1 aromatic rings. The Bertz CT molecular complexity index is 643. The molecule has 2 rings (SSSR count). The van der Waals surface area contributed by atoms with Crippen LogP contribution in [-0.4, -0.2) is 24.5 Å². The van der Waals surface area contributed by atoms with E-state index in [1.54, 1.807) is 6.92 Å². The normalized spacial score (nSPS) is 16.4. The summed E-state index contributed by atoms with van der Waals surface area (Å²) >= 11 is 0. The van der Waals surface area contributed by atoms with E-state index in [2.05, 4.69) is 16.0 Å². The van der Waals surface area contributed by atoms with Gasteiger partial charge in [0.25, 0.3) is 0 Å². The summed E-state index contributed by atoms with van der Waals surface area (Å²) in [7, 11) is 0. The molecule has 1 fully saturated rings. The third-order valence-corrected chi connectivity index (χ3v) is 4.67. The molecule has 0 aromatic heterocycles. The van der Waals surface area contributed by atoms with Crippen LogP contribution in [0.1, 0.15) is 62.6 Å². The van der Waals surface area contributed by atoms with Gasteiger partial charge in [-0.05, 0) is 37.5 Å². The zero-order chi connectivity index (χ0) is 19.9. The highest BCUT2D eigenvalue weighted by Crippen LogP contribution is 2.30. The molecule has 1 atom stereocenters. The molecule has 1 aromatic carbocycles. The first kappa shape index (κ1) is 21.1. The molecule has 0 bridgehead atoms. The Balaban J connectivity index is 1.72. The van der Waals surface area contributed by atoms with Crippen LogP contribution < -0.4 is 16.0 Å². The minimum atomic E-state index is -4.42. The van der Waals surface area contributed by atoms with Crippen LogP contribution in [0, 0.1) is 0 Å². The fourth-order valence-electron chi connectivity index (χ4n) is 3.15. The van der Waals surface area contributed by atoms with Gasteiger partial charge in [-0.2, -0.15) is 13.2 Å². The molecular formula is C19H26F3N3O2. The summed E-state index contributed by atoms with van der Waals surface area (Å²) in [5.41, 5.74) is -0.372. The number of carbonyl (C=O) groups excluding carboxylic acids is 2. The van der Waals surface area contributed by atoms with Gasteiger partial charge >= 0.3 is 12.2 Å². The van der Waals surface area contributed by atoms with Gasteiger partial charge in [0.1, 0.15) is 0 Å². The smallest absolute Gasteiger partial charge is 0.350 e. The van der Waals surface area contributed by atoms with Crippen LogP contribution in [0.4, 0.5) is 18.0 Å². The lowest BCUT2D eigenvalue weighted by molar-refractivity contribution is -0.137. The Kier molecular flexibility index (Phi) is 7.50. The average Bonchev–Trinajstić information content (AvgIpc) is 2.62. The molecule has 0 aliphatic heterocycles. The Morgan fingerprint density at radius 1 is 1.19 bits per heavy atom. The lowest BCUT2D eigenvalue weighted by atomic mass is 9.96. The highest BCUT2D eigenvalue weighted by atomic mass is 19.4. The minimum absolute atomic E-state index is 0.0569. The van der Waals surface area contributed by atoms with Crippen molar-refractivity contribution in [3.8, 4) is 0 Å². The van der Waals surface area contributed by atoms with E-state index < -0.39 is 17.8 Å². The summed E-state index contributed by atoms with van der Waals surface area (Å²) in [6.07, 6.45) is 1.01. The van der Waals surface area contributed by atoms with Crippen molar-refractivity contribution in [3.63, 3.8) is 0 Å². The second-order valence-electron chi connectivity index (χ2n) is 6.90. The van der Waals surface area contributed by atoms with Crippen molar-refractivity contribution >= 4 is 11.9 Å². The number of amides is 3. The second kappa shape index (κ2) is 9.62. The molecule has 8 heteroatoms. The summed E-state index contributed by atoms with van der Waals surface area (Å²) in [6.45, 7) is 1.79. The predicted octanol–water partition coefficient (Wildman–Crippen LogP) is 3.90. The zero-order valence-electron chi connectivity index (χ0n) is 15.4. The maximum Gasteiger partial charge on any atom is 0.416 e. The van der Waals surface area contributed by atoms with Crippen LogP contribution in [0.2, 0.25) is 0 Å². The molecule has 0 heterocycles. The molecule has 27 heavy (non-hydrogen) atoms. The van der Waals surface area contributed by atoms with Crippen molar-refractivity contribution in [3.05, 3.63) is 35.4 Å². The van der Waals surface area contributed by atoms with E-state index in [1.807, 2.05) is 0 Å². The lowest BCUT2D eigenvalue weighted by Gasteiger charge is -2.22. The fraction of sp³-hybridized carbons (Fsp3) is 0.579. The van der Waals surface area contributed by atoms with Crippen molar-refractivity contribution in [1.82, 2.24) is 16.0 Å². The summed E-state index contributed by atoms with van der Waals surface area (Å²) in [4.78, 5) is 23.8. The van der Waals surface area contributed by atoms with Gasteiger partial charge in [0.05, 0.1) is 11.6 Å². The molecule has 0 radical (unpaired) electrons. The van der Waals surface area contributed by atoms with Crippen LogP contribution in [0.3, 0.4) is 0 Å². The van der Waals surface area contributed by atoms with Gasteiger partial charge in [-0.15, -0.1) is 0 Å². The molecule has 1 aliphatic rings. The van der Waals surface area contributed by atoms with Crippen molar-refractivity contribution in [2.24, 2.45) is 0 Å². The first-order valence-electron chi connectivity index (χ1n) is 9.26. The van der Waals surface area contributed by atoms with Gasteiger partial charge in [0.2, 0.25) is 5.91 Å². The first-order valence-corrected chi connectivity index (χ1v) is 9.26. The van der Waals surface area contributed by atoms with E-state index in [0.717, 1.165) is 37.8 Å². The predicted molar refractivity (Wildman–Crippen MR) is 96.0 cm³/mol. The molecule has 1 saturated carbocycles. The van der Waals surface area contributed by atoms with E-state index in [1.165, 1.54) is 18.6 Å². The molecule has 150 valence electrons. The summed E-state index contributed by atoms with van der Waals surface area (Å²) in [5.74, 6) is -0.335. The van der Waals surface area contributed by atoms with Gasteiger partial charge in [-0.1, -0.05) is 31.4 Å². The quantitative estimate of drug-likeness (QED) is 0.695. The highest BCUT2D eigenvalue weighted by molar-refractivity contribution is 5.78. The molecule has 0 spiro atoms. The Morgan fingerprint density at radius 2 is 1.89 bits per heavy atom. The van der Waals surface area contributed by atoms with E-state index in [-0.39, 0.29) is 30.9 Å². The third-order valence-electron chi connectivity index (χ3n) is 4.67. The number of rotatable bonds is 6. The number of carbonyl (C=O) groups is 2. The molecule has 0 saturated heterocycles. The molecule has 1 unspecified atom stereocenters. The number of nitrogens with one attached hydrogen (secondary N) is 3. The van der Waals surface area contributed by atoms with Gasteiger partial charge in [0, 0.05) is 19.0 Å². The summed E-state index contributed by atoms with van der Waals surface area (Å²) < 4.78 is 38.3. The van der Waals surface area contributed by atoms with Crippen LogP contribution in [0.5, 0.6) is 0 Å². The molecule has 3 amide bonds. The van der Waals surface area contributed by atoms with E-state index in [9.17, 15) is 22.8 Å². The Labute approximate surface area is 157 Å². The number of hydrogen-bond acceptors (Lipinski definition) is 2. The number of alkyl halides is 3. The lowest BCUT2D eigenvalue weighted by Crippen LogP contribution is -2.43. The largest absolute Gasteiger partial charge is 0.416 e. The maximum atomic E-state index is 12.8. The van der Waals surface area contributed by atoms with Gasteiger partial charge in [-0.25, -0.2) is 4.79 Å². The van der Waals surface area contributed by atoms with E-state index >= 15 is 0 Å². The number of hydrogen-bond donors (Lipinski definition) is 3. The number of benzene rings is 1. The van der Waals surface area contributed by atoms with Crippen molar-refractivity contribution in [2.45, 2.75) is 63.7 Å². The number of urea groups is 1. The zero-order valence-corrected chi connectivity index (χ0v) is 15.4. The van der Waals surface area contributed by atoms with Crippen molar-refractivity contribution in [1.29, 1.82) is 0 Å². The van der Waals surface area contributed by atoms with Crippen LogP contribution in [-0.2, 0) is 11.0 Å². The monoisotopic (exact) mass is 385 g/mol. The van der Waals surface area contributed by atoms with Crippen LogP contribution in [0.15, 0.2) is 24.3 Å². The first-order chi connectivity index (χ1) is 12.8. The van der Waals surface area contributed by atoms with Gasteiger partial charge in [0.15, 0.2) is 0 Å². The van der Waals surface area contributed by atoms with Crippen molar-refractivity contribution in [2.75, 3.05) is 6.54 Å².